The van der Waals surface area contributed by atoms with Gasteiger partial charge in [-0.1, -0.05) is 0 Å². The summed E-state index contributed by atoms with van der Waals surface area (Å²) in [7, 11) is 0. The van der Waals surface area contributed by atoms with E-state index in [0.29, 0.717) is 12.8 Å². The van der Waals surface area contributed by atoms with Crippen LogP contribution in [0.25, 0.3) is 0 Å². The largest absolute Gasteiger partial charge is 0.444 e. The lowest BCUT2D eigenvalue weighted by Gasteiger charge is -2.23. The number of nitrogens with one attached hydrogen (secondary N) is 1. The van der Waals surface area contributed by atoms with Crippen LogP contribution in [0, 0.1) is 0 Å². The van der Waals surface area contributed by atoms with Crippen LogP contribution in [-0.4, -0.2) is 46.5 Å². The van der Waals surface area contributed by atoms with Crippen molar-refractivity contribution in [3.8, 4) is 0 Å². The zero-order valence-electron chi connectivity index (χ0n) is 12.0. The van der Waals surface area contributed by atoms with E-state index in [2.05, 4.69) is 5.32 Å². The van der Waals surface area contributed by atoms with Gasteiger partial charge in [0.15, 0.2) is 0 Å². The van der Waals surface area contributed by atoms with Crippen molar-refractivity contribution in [1.82, 2.24) is 10.2 Å². The van der Waals surface area contributed by atoms with Crippen molar-refractivity contribution in [2.75, 3.05) is 0 Å². The first-order valence-corrected chi connectivity index (χ1v) is 6.80. The number of carbonyl (C=O) groups is 3. The predicted molar refractivity (Wildman–Crippen MR) is 70.6 cm³/mol. The van der Waals surface area contributed by atoms with Gasteiger partial charge in [0.2, 0.25) is 11.8 Å². The van der Waals surface area contributed by atoms with E-state index in [1.54, 1.807) is 20.8 Å². The summed E-state index contributed by atoms with van der Waals surface area (Å²) in [6.07, 6.45) is 1.23. The summed E-state index contributed by atoms with van der Waals surface area (Å²) in [5.41, 5.74) is 4.69. The number of primary amides is 1. The number of hydrogen-bond acceptors (Lipinski definition) is 4. The van der Waals surface area contributed by atoms with Crippen LogP contribution in [0.1, 0.15) is 40.0 Å². The van der Waals surface area contributed by atoms with Gasteiger partial charge >= 0.3 is 6.09 Å². The van der Waals surface area contributed by atoms with Crippen LogP contribution < -0.4 is 11.1 Å². The Labute approximate surface area is 117 Å². The van der Waals surface area contributed by atoms with Crippen molar-refractivity contribution in [1.29, 1.82) is 0 Å². The summed E-state index contributed by atoms with van der Waals surface area (Å²) in [6, 6.07) is -1.19. The Morgan fingerprint density at radius 3 is 2.55 bits per heavy atom. The number of rotatable bonds is 2. The fourth-order valence-corrected chi connectivity index (χ4v) is 2.85. The molecule has 2 aliphatic rings. The van der Waals surface area contributed by atoms with Crippen LogP contribution >= 0.6 is 0 Å². The van der Waals surface area contributed by atoms with Gasteiger partial charge in [-0.15, -0.1) is 0 Å². The minimum absolute atomic E-state index is 0.0139. The van der Waals surface area contributed by atoms with Crippen molar-refractivity contribution in [2.24, 2.45) is 5.73 Å². The summed E-state index contributed by atoms with van der Waals surface area (Å²) >= 11 is 0. The Balaban J connectivity index is 1.98. The van der Waals surface area contributed by atoms with Gasteiger partial charge in [-0.05, 0) is 40.0 Å². The van der Waals surface area contributed by atoms with Crippen molar-refractivity contribution in [2.45, 2.75) is 63.8 Å². The van der Waals surface area contributed by atoms with Gasteiger partial charge < -0.3 is 20.7 Å². The summed E-state index contributed by atoms with van der Waals surface area (Å²) in [4.78, 5) is 36.8. The standard InChI is InChI=1S/C13H21N3O4/c1-13(2,3)20-12(19)15-8-6-7-4-5-9(10(14)17)16(7)11(8)18/h7-9H,4-6H2,1-3H3,(H2,14,17)(H,15,19)/t7-,8-,9-/m0/s1. The molecule has 7 nitrogen and oxygen atoms in total. The van der Waals surface area contributed by atoms with E-state index in [1.165, 1.54) is 4.90 Å². The fraction of sp³-hybridized carbons (Fsp3) is 0.769. The lowest BCUT2D eigenvalue weighted by Crippen LogP contribution is -2.48. The molecular formula is C13H21N3O4. The number of carbonyl (C=O) groups excluding carboxylic acids is 3. The molecule has 0 unspecified atom stereocenters. The molecule has 3 atom stereocenters. The molecule has 0 aromatic carbocycles. The fourth-order valence-electron chi connectivity index (χ4n) is 2.85. The van der Waals surface area contributed by atoms with Crippen molar-refractivity contribution in [3.05, 3.63) is 0 Å². The molecule has 7 heteroatoms. The molecule has 0 saturated carbocycles. The van der Waals surface area contributed by atoms with Crippen LogP contribution in [0.2, 0.25) is 0 Å². The molecule has 0 aliphatic carbocycles. The average molecular weight is 283 g/mol. The third-order valence-corrected chi connectivity index (χ3v) is 3.58. The van der Waals surface area contributed by atoms with E-state index in [9.17, 15) is 14.4 Å². The number of amides is 3. The van der Waals surface area contributed by atoms with Gasteiger partial charge in [0, 0.05) is 6.04 Å². The van der Waals surface area contributed by atoms with Gasteiger partial charge in [-0.2, -0.15) is 0 Å². The lowest BCUT2D eigenvalue weighted by atomic mass is 10.1. The Hall–Kier alpha value is -1.79. The number of nitrogens with two attached hydrogens (primary N) is 1. The highest BCUT2D eigenvalue weighted by Crippen LogP contribution is 2.33. The molecule has 2 saturated heterocycles. The van der Waals surface area contributed by atoms with E-state index in [-0.39, 0.29) is 11.9 Å². The van der Waals surface area contributed by atoms with E-state index in [0.717, 1.165) is 6.42 Å². The third-order valence-electron chi connectivity index (χ3n) is 3.58. The molecular weight excluding hydrogens is 262 g/mol. The van der Waals surface area contributed by atoms with Gasteiger partial charge in [-0.25, -0.2) is 4.79 Å². The highest BCUT2D eigenvalue weighted by atomic mass is 16.6. The number of hydrogen-bond donors (Lipinski definition) is 2. The second-order valence-electron chi connectivity index (χ2n) is 6.33. The minimum atomic E-state index is -0.628. The first-order valence-electron chi connectivity index (χ1n) is 6.80. The molecule has 112 valence electrons. The second-order valence-corrected chi connectivity index (χ2v) is 6.33. The van der Waals surface area contributed by atoms with Crippen LogP contribution in [0.15, 0.2) is 0 Å². The third kappa shape index (κ3) is 2.86. The van der Waals surface area contributed by atoms with E-state index >= 15 is 0 Å². The van der Waals surface area contributed by atoms with Crippen molar-refractivity contribution in [3.63, 3.8) is 0 Å². The molecule has 2 fully saturated rings. The highest BCUT2D eigenvalue weighted by molar-refractivity contribution is 5.93. The number of alkyl carbamates (subject to hydrolysis) is 1. The first-order chi connectivity index (χ1) is 9.19. The summed E-state index contributed by atoms with van der Waals surface area (Å²) in [6.45, 7) is 5.26. The molecule has 3 amide bonds. The molecule has 0 bridgehead atoms. The molecule has 20 heavy (non-hydrogen) atoms. The SMILES string of the molecule is CC(C)(C)OC(=O)N[C@H]1C[C@@H]2CC[C@@H](C(N)=O)N2C1=O. The topological polar surface area (TPSA) is 102 Å². The van der Waals surface area contributed by atoms with Gasteiger partial charge in [0.05, 0.1) is 0 Å². The second kappa shape index (κ2) is 4.96. The molecule has 0 aromatic heterocycles. The Morgan fingerprint density at radius 2 is 2.00 bits per heavy atom. The maximum Gasteiger partial charge on any atom is 0.408 e. The lowest BCUT2D eigenvalue weighted by molar-refractivity contribution is -0.136. The van der Waals surface area contributed by atoms with E-state index in [1.807, 2.05) is 0 Å². The van der Waals surface area contributed by atoms with Crippen LogP contribution in [0.3, 0.4) is 0 Å². The Bertz CT molecular complexity index is 443. The molecule has 0 spiro atoms. The predicted octanol–water partition coefficient (Wildman–Crippen LogP) is 0.128. The zero-order valence-corrected chi connectivity index (χ0v) is 12.0. The Kier molecular flexibility index (Phi) is 3.62. The van der Waals surface area contributed by atoms with Gasteiger partial charge in [0.1, 0.15) is 17.7 Å². The van der Waals surface area contributed by atoms with Crippen molar-refractivity contribution >= 4 is 17.9 Å². The zero-order chi connectivity index (χ0) is 15.1. The number of ether oxygens (including phenoxy) is 1. The van der Waals surface area contributed by atoms with Gasteiger partial charge in [0.25, 0.3) is 0 Å². The van der Waals surface area contributed by atoms with E-state index in [4.69, 9.17) is 10.5 Å². The summed E-state index contributed by atoms with van der Waals surface area (Å²) in [5, 5.41) is 2.57. The van der Waals surface area contributed by atoms with E-state index < -0.39 is 29.7 Å². The number of nitrogens with zero attached hydrogens (tertiary/aromatic N) is 1. The van der Waals surface area contributed by atoms with Crippen LogP contribution in [0.4, 0.5) is 4.79 Å². The van der Waals surface area contributed by atoms with Crippen LogP contribution in [0.5, 0.6) is 0 Å². The molecule has 2 aliphatic heterocycles. The number of fused-ring (bicyclic) bond motifs is 1. The highest BCUT2D eigenvalue weighted by Gasteiger charge is 2.49. The maximum atomic E-state index is 12.3. The van der Waals surface area contributed by atoms with Crippen LogP contribution in [-0.2, 0) is 14.3 Å². The average Bonchev–Trinajstić information content (AvgIpc) is 2.78. The summed E-state index contributed by atoms with van der Waals surface area (Å²) in [5.74, 6) is -0.735. The Morgan fingerprint density at radius 1 is 1.35 bits per heavy atom. The first kappa shape index (κ1) is 14.6. The molecule has 2 heterocycles. The minimum Gasteiger partial charge on any atom is -0.444 e. The maximum absolute atomic E-state index is 12.3. The smallest absolute Gasteiger partial charge is 0.408 e. The monoisotopic (exact) mass is 283 g/mol. The molecule has 0 radical (unpaired) electrons. The van der Waals surface area contributed by atoms with Crippen molar-refractivity contribution < 1.29 is 19.1 Å². The quantitative estimate of drug-likeness (QED) is 0.752. The normalized spacial score (nSPS) is 29.2. The molecule has 2 rings (SSSR count). The van der Waals surface area contributed by atoms with Gasteiger partial charge in [-0.3, -0.25) is 9.59 Å². The molecule has 3 N–H and O–H groups in total. The molecule has 0 aromatic rings. The summed E-state index contributed by atoms with van der Waals surface area (Å²) < 4.78 is 5.13.